The van der Waals surface area contributed by atoms with E-state index in [-0.39, 0.29) is 0 Å². The molecule has 2 aromatic heterocycles. The van der Waals surface area contributed by atoms with E-state index >= 15 is 0 Å². The van der Waals surface area contributed by atoms with E-state index in [2.05, 4.69) is 15.3 Å². The van der Waals surface area contributed by atoms with E-state index < -0.39 is 11.8 Å². The van der Waals surface area contributed by atoms with Gasteiger partial charge in [-0.2, -0.15) is 0 Å². The van der Waals surface area contributed by atoms with Crippen molar-refractivity contribution in [1.82, 2.24) is 15.3 Å². The highest BCUT2D eigenvalue weighted by atomic mass is 35.5. The predicted octanol–water partition coefficient (Wildman–Crippen LogP) is 4.52. The van der Waals surface area contributed by atoms with E-state index in [1.54, 1.807) is 24.5 Å². The van der Waals surface area contributed by atoms with E-state index in [0.717, 1.165) is 21.8 Å². The molecule has 3 heterocycles. The Morgan fingerprint density at radius 3 is 1.56 bits per heavy atom. The van der Waals surface area contributed by atoms with Gasteiger partial charge in [0.05, 0.1) is 32.2 Å². The Bertz CT molecular complexity index is 1210. The topological polar surface area (TPSA) is 77.8 Å². The Hall–Kier alpha value is -3.02. The lowest BCUT2D eigenvalue weighted by Crippen LogP contribution is -2.22. The zero-order valence-corrected chi connectivity index (χ0v) is 15.2. The number of rotatable bonds is 2. The first-order valence-corrected chi connectivity index (χ1v) is 8.93. The molecule has 5 nitrogen and oxygen atoms in total. The zero-order valence-electron chi connectivity index (χ0n) is 13.7. The van der Waals surface area contributed by atoms with Crippen LogP contribution in [0.15, 0.2) is 48.8 Å². The van der Waals surface area contributed by atoms with Crippen LogP contribution in [0.2, 0.25) is 10.0 Å². The van der Waals surface area contributed by atoms with Crippen molar-refractivity contribution in [3.8, 4) is 0 Å². The summed E-state index contributed by atoms with van der Waals surface area (Å²) in [7, 11) is 0. The number of H-pyrrole nitrogens is 2. The summed E-state index contributed by atoms with van der Waals surface area (Å²) in [6.45, 7) is 0. The maximum absolute atomic E-state index is 12.6. The number of para-hydroxylation sites is 2. The number of imide groups is 1. The Morgan fingerprint density at radius 2 is 1.11 bits per heavy atom. The van der Waals surface area contributed by atoms with Crippen LogP contribution in [0.25, 0.3) is 33.0 Å². The quantitative estimate of drug-likeness (QED) is 0.436. The van der Waals surface area contributed by atoms with E-state index in [4.69, 9.17) is 23.2 Å². The molecule has 0 saturated carbocycles. The second-order valence-electron chi connectivity index (χ2n) is 6.26. The number of nitrogens with one attached hydrogen (secondary N) is 3. The average Bonchev–Trinajstić information content (AvgIpc) is 3.31. The van der Waals surface area contributed by atoms with Crippen molar-refractivity contribution >= 4 is 68.0 Å². The number of carbonyl (C=O) groups is 2. The number of carbonyl (C=O) groups excluding carboxylic acids is 2. The summed E-state index contributed by atoms with van der Waals surface area (Å²) in [5.74, 6) is -0.875. The molecule has 1 aliphatic rings. The molecule has 0 saturated heterocycles. The maximum atomic E-state index is 12.6. The van der Waals surface area contributed by atoms with E-state index in [1.807, 2.05) is 24.3 Å². The van der Waals surface area contributed by atoms with Crippen molar-refractivity contribution in [2.24, 2.45) is 0 Å². The molecular weight excluding hydrogens is 385 g/mol. The van der Waals surface area contributed by atoms with Crippen LogP contribution in [0.3, 0.4) is 0 Å². The molecule has 4 aromatic rings. The van der Waals surface area contributed by atoms with Gasteiger partial charge in [-0.1, -0.05) is 47.5 Å². The molecule has 2 amide bonds. The molecule has 132 valence electrons. The highest BCUT2D eigenvalue weighted by molar-refractivity contribution is 6.51. The van der Waals surface area contributed by atoms with Gasteiger partial charge < -0.3 is 9.97 Å². The normalized spacial score (nSPS) is 14.6. The summed E-state index contributed by atoms with van der Waals surface area (Å²) in [5.41, 5.74) is 3.32. The van der Waals surface area contributed by atoms with Crippen molar-refractivity contribution in [2.75, 3.05) is 0 Å². The molecular formula is C20H11Cl2N3O2. The monoisotopic (exact) mass is 395 g/mol. The van der Waals surface area contributed by atoms with Crippen LogP contribution in [0, 0.1) is 0 Å². The second kappa shape index (κ2) is 5.74. The molecule has 0 bridgehead atoms. The second-order valence-corrected chi connectivity index (χ2v) is 7.08. The molecule has 5 rings (SSSR count). The van der Waals surface area contributed by atoms with Gasteiger partial charge >= 0.3 is 0 Å². The van der Waals surface area contributed by atoms with Crippen molar-refractivity contribution in [1.29, 1.82) is 0 Å². The number of benzene rings is 2. The number of fused-ring (bicyclic) bond motifs is 2. The van der Waals surface area contributed by atoms with Gasteiger partial charge in [-0.05, 0) is 12.1 Å². The summed E-state index contributed by atoms with van der Waals surface area (Å²) in [4.78, 5) is 31.5. The number of hydrogen-bond acceptors (Lipinski definition) is 2. The third kappa shape index (κ3) is 2.25. The van der Waals surface area contributed by atoms with Crippen LogP contribution in [-0.2, 0) is 9.59 Å². The number of aromatic nitrogens is 2. The molecule has 27 heavy (non-hydrogen) atoms. The lowest BCUT2D eigenvalue weighted by molar-refractivity contribution is -0.122. The van der Waals surface area contributed by atoms with Crippen molar-refractivity contribution in [3.63, 3.8) is 0 Å². The fraction of sp³-hybridized carbons (Fsp3) is 0. The summed E-state index contributed by atoms with van der Waals surface area (Å²) in [6, 6.07) is 10.9. The van der Waals surface area contributed by atoms with Crippen LogP contribution >= 0.6 is 23.2 Å². The number of amides is 2. The first kappa shape index (κ1) is 16.2. The lowest BCUT2D eigenvalue weighted by atomic mass is 9.95. The largest absolute Gasteiger partial charge is 0.359 e. The van der Waals surface area contributed by atoms with Gasteiger partial charge in [0.25, 0.3) is 11.8 Å². The molecule has 2 aromatic carbocycles. The standard InChI is InChI=1S/C20H11Cl2N3O2/c21-13-5-1-3-9-11(7-23-17(9)13)15-16(20(27)25-19(15)26)12-8-24-18-10(12)4-2-6-14(18)22/h1-8,23-24H,(H,25,26,27). The van der Waals surface area contributed by atoms with Gasteiger partial charge in [0, 0.05) is 34.3 Å². The van der Waals surface area contributed by atoms with E-state index in [1.165, 1.54) is 0 Å². The molecule has 0 unspecified atom stereocenters. The molecule has 0 atom stereocenters. The SMILES string of the molecule is O=C1NC(=O)C(c2c[nH]c3c(Cl)cccc23)=C1c1c[nH]c2c(Cl)cccc12. The summed E-state index contributed by atoms with van der Waals surface area (Å²) < 4.78 is 0. The van der Waals surface area contributed by atoms with Crippen molar-refractivity contribution in [2.45, 2.75) is 0 Å². The third-order valence-corrected chi connectivity index (χ3v) is 5.43. The fourth-order valence-corrected chi connectivity index (χ4v) is 4.08. The van der Waals surface area contributed by atoms with Crippen molar-refractivity contribution in [3.05, 3.63) is 70.0 Å². The van der Waals surface area contributed by atoms with E-state index in [0.29, 0.717) is 32.3 Å². The molecule has 7 heteroatoms. The fourth-order valence-electron chi connectivity index (χ4n) is 3.62. The van der Waals surface area contributed by atoms with Gasteiger partial charge in [0.2, 0.25) is 0 Å². The summed E-state index contributed by atoms with van der Waals surface area (Å²) in [5, 5.41) is 5.05. The zero-order chi connectivity index (χ0) is 18.7. The highest BCUT2D eigenvalue weighted by Crippen LogP contribution is 2.39. The van der Waals surface area contributed by atoms with Crippen LogP contribution < -0.4 is 5.32 Å². The lowest BCUT2D eigenvalue weighted by Gasteiger charge is -2.03. The molecule has 0 fully saturated rings. The van der Waals surface area contributed by atoms with Crippen molar-refractivity contribution < 1.29 is 9.59 Å². The van der Waals surface area contributed by atoms with Crippen LogP contribution in [0.4, 0.5) is 0 Å². The minimum Gasteiger partial charge on any atom is -0.359 e. The third-order valence-electron chi connectivity index (χ3n) is 4.80. The predicted molar refractivity (Wildman–Crippen MR) is 107 cm³/mol. The van der Waals surface area contributed by atoms with Gasteiger partial charge in [-0.3, -0.25) is 14.9 Å². The Kier molecular flexibility index (Phi) is 3.44. The van der Waals surface area contributed by atoms with E-state index in [9.17, 15) is 9.59 Å². The van der Waals surface area contributed by atoms with Gasteiger partial charge in [-0.25, -0.2) is 0 Å². The number of hydrogen-bond donors (Lipinski definition) is 3. The summed E-state index contributed by atoms with van der Waals surface area (Å²) >= 11 is 12.5. The molecule has 0 spiro atoms. The van der Waals surface area contributed by atoms with Gasteiger partial charge in [0.1, 0.15) is 0 Å². The van der Waals surface area contributed by atoms with Crippen LogP contribution in [0.5, 0.6) is 0 Å². The Labute approximate surface area is 163 Å². The minimum atomic E-state index is -0.438. The molecule has 0 radical (unpaired) electrons. The molecule has 1 aliphatic heterocycles. The highest BCUT2D eigenvalue weighted by Gasteiger charge is 2.34. The molecule has 0 aliphatic carbocycles. The Balaban J connectivity index is 1.85. The first-order valence-electron chi connectivity index (χ1n) is 8.18. The smallest absolute Gasteiger partial charge is 0.259 e. The Morgan fingerprint density at radius 1 is 0.667 bits per heavy atom. The van der Waals surface area contributed by atoms with Gasteiger partial charge in [-0.15, -0.1) is 0 Å². The van der Waals surface area contributed by atoms with Crippen LogP contribution in [-0.4, -0.2) is 21.8 Å². The number of aromatic amines is 2. The summed E-state index contributed by atoms with van der Waals surface area (Å²) in [6.07, 6.45) is 3.40. The molecule has 3 N–H and O–H groups in total. The van der Waals surface area contributed by atoms with Gasteiger partial charge in [0.15, 0.2) is 0 Å². The number of halogens is 2. The minimum absolute atomic E-state index is 0.314. The first-order chi connectivity index (χ1) is 13.1. The van der Waals surface area contributed by atoms with Crippen LogP contribution in [0.1, 0.15) is 11.1 Å². The maximum Gasteiger partial charge on any atom is 0.259 e. The average molecular weight is 396 g/mol.